The van der Waals surface area contributed by atoms with E-state index in [1.54, 1.807) is 0 Å². The van der Waals surface area contributed by atoms with Crippen molar-refractivity contribution >= 4 is 20.0 Å². The van der Waals surface area contributed by atoms with E-state index in [0.29, 0.717) is 12.8 Å². The van der Waals surface area contributed by atoms with E-state index in [2.05, 4.69) is 4.72 Å². The Bertz CT molecular complexity index is 807. The van der Waals surface area contributed by atoms with E-state index < -0.39 is 48.0 Å². The smallest absolute Gasteiger partial charge is 0.225 e. The Morgan fingerprint density at radius 2 is 1.62 bits per heavy atom. The summed E-state index contributed by atoms with van der Waals surface area (Å²) in [5.41, 5.74) is 0. The third-order valence-corrected chi connectivity index (χ3v) is 6.34. The molecule has 2 unspecified atom stereocenters. The molecule has 1 saturated carbocycles. The average molecular weight is 386 g/mol. The van der Waals surface area contributed by atoms with Crippen molar-refractivity contribution in [3.8, 4) is 0 Å². The Morgan fingerprint density at radius 1 is 1.04 bits per heavy atom. The van der Waals surface area contributed by atoms with E-state index in [0.717, 1.165) is 24.3 Å². The molecule has 6 nitrogen and oxygen atoms in total. The summed E-state index contributed by atoms with van der Waals surface area (Å²) in [6, 6.07) is 2.91. The van der Waals surface area contributed by atoms with Gasteiger partial charge in [0.25, 0.3) is 0 Å². The Labute approximate surface area is 138 Å². The van der Waals surface area contributed by atoms with Crippen molar-refractivity contribution in [3.05, 3.63) is 24.3 Å². The van der Waals surface area contributed by atoms with Gasteiger partial charge in [-0.25, -0.2) is 26.7 Å². The van der Waals surface area contributed by atoms with Gasteiger partial charge in [0.05, 0.1) is 15.7 Å². The van der Waals surface area contributed by atoms with Crippen molar-refractivity contribution in [2.24, 2.45) is 11.1 Å². The molecule has 1 aliphatic rings. The van der Waals surface area contributed by atoms with Crippen LogP contribution in [0.5, 0.6) is 0 Å². The third-order valence-electron chi connectivity index (χ3n) is 3.94. The molecule has 1 aromatic rings. The van der Waals surface area contributed by atoms with Crippen molar-refractivity contribution in [3.63, 3.8) is 0 Å². The summed E-state index contributed by atoms with van der Waals surface area (Å²) in [6.45, 7) is 0. The highest BCUT2D eigenvalue weighted by Crippen LogP contribution is 2.38. The van der Waals surface area contributed by atoms with Crippen molar-refractivity contribution in [1.82, 2.24) is 4.72 Å². The molecule has 24 heavy (non-hydrogen) atoms. The van der Waals surface area contributed by atoms with Crippen LogP contribution in [0.2, 0.25) is 0 Å². The van der Waals surface area contributed by atoms with Crippen molar-refractivity contribution in [1.29, 1.82) is 0 Å². The SMILES string of the molecule is NS(=O)(=O)c1cccc(S(=O)(=O)NC2CCCCC2C(F)(F)F)c1. The highest BCUT2D eigenvalue weighted by atomic mass is 32.2. The fourth-order valence-electron chi connectivity index (χ4n) is 2.75. The van der Waals surface area contributed by atoms with E-state index in [1.807, 2.05) is 0 Å². The molecule has 0 heterocycles. The predicted octanol–water partition coefficient (Wildman–Crippen LogP) is 1.73. The van der Waals surface area contributed by atoms with E-state index in [-0.39, 0.29) is 12.8 Å². The van der Waals surface area contributed by atoms with Gasteiger partial charge in [-0.1, -0.05) is 18.9 Å². The molecule has 0 aliphatic heterocycles. The Kier molecular flexibility index (Phi) is 5.28. The fourth-order valence-corrected chi connectivity index (χ4v) is 4.74. The topological polar surface area (TPSA) is 106 Å². The number of hydrogen-bond acceptors (Lipinski definition) is 4. The van der Waals surface area contributed by atoms with Crippen molar-refractivity contribution in [2.75, 3.05) is 0 Å². The second-order valence-electron chi connectivity index (χ2n) is 5.68. The van der Waals surface area contributed by atoms with Gasteiger partial charge in [0, 0.05) is 6.04 Å². The Balaban J connectivity index is 2.31. The summed E-state index contributed by atoms with van der Waals surface area (Å²) >= 11 is 0. The molecule has 2 rings (SSSR count). The lowest BCUT2D eigenvalue weighted by Gasteiger charge is -2.33. The molecule has 1 aliphatic carbocycles. The van der Waals surface area contributed by atoms with Gasteiger partial charge in [0.2, 0.25) is 20.0 Å². The van der Waals surface area contributed by atoms with Gasteiger partial charge in [-0.15, -0.1) is 0 Å². The summed E-state index contributed by atoms with van der Waals surface area (Å²) in [6.07, 6.45) is -3.72. The maximum absolute atomic E-state index is 13.1. The van der Waals surface area contributed by atoms with Gasteiger partial charge in [-0.3, -0.25) is 0 Å². The summed E-state index contributed by atoms with van der Waals surface area (Å²) < 4.78 is 88.5. The maximum atomic E-state index is 13.1. The minimum absolute atomic E-state index is 0.0677. The molecule has 3 N–H and O–H groups in total. The molecule has 11 heteroatoms. The fraction of sp³-hybridized carbons (Fsp3) is 0.538. The van der Waals surface area contributed by atoms with Crippen LogP contribution < -0.4 is 9.86 Å². The quantitative estimate of drug-likeness (QED) is 0.822. The zero-order valence-electron chi connectivity index (χ0n) is 12.5. The number of nitrogens with one attached hydrogen (secondary N) is 1. The number of alkyl halides is 3. The van der Waals surface area contributed by atoms with Crippen LogP contribution in [0.4, 0.5) is 13.2 Å². The van der Waals surface area contributed by atoms with Crippen LogP contribution in [0, 0.1) is 5.92 Å². The standard InChI is InChI=1S/C13H17F3N2O4S2/c14-13(15,16)11-6-1-2-7-12(11)18-24(21,22)10-5-3-4-9(8-10)23(17,19)20/h3-5,8,11-12,18H,1-2,6-7H2,(H2,17,19,20). The normalized spacial score (nSPS) is 23.2. The predicted molar refractivity (Wildman–Crippen MR) is 79.9 cm³/mol. The zero-order chi connectivity index (χ0) is 18.2. The Hall–Kier alpha value is -1.17. The van der Waals surface area contributed by atoms with Gasteiger partial charge in [-0.05, 0) is 31.0 Å². The molecular formula is C13H17F3N2O4S2. The van der Waals surface area contributed by atoms with Crippen molar-refractivity contribution < 1.29 is 30.0 Å². The lowest BCUT2D eigenvalue weighted by atomic mass is 9.85. The maximum Gasteiger partial charge on any atom is 0.393 e. The van der Waals surface area contributed by atoms with Gasteiger partial charge in [0.15, 0.2) is 0 Å². The number of benzene rings is 1. The lowest BCUT2D eigenvalue weighted by Crippen LogP contribution is -2.47. The molecule has 2 atom stereocenters. The van der Waals surface area contributed by atoms with Gasteiger partial charge in [0.1, 0.15) is 0 Å². The number of sulfonamides is 2. The van der Waals surface area contributed by atoms with E-state index in [9.17, 15) is 30.0 Å². The number of primary sulfonamides is 1. The first-order valence-electron chi connectivity index (χ1n) is 7.13. The summed E-state index contributed by atoms with van der Waals surface area (Å²) in [5, 5.41) is 4.94. The summed E-state index contributed by atoms with van der Waals surface area (Å²) in [7, 11) is -8.43. The first-order valence-corrected chi connectivity index (χ1v) is 10.2. The number of rotatable bonds is 4. The van der Waals surface area contributed by atoms with Crippen LogP contribution in [0.1, 0.15) is 25.7 Å². The van der Waals surface area contributed by atoms with Crippen LogP contribution in [0.3, 0.4) is 0 Å². The highest BCUT2D eigenvalue weighted by molar-refractivity contribution is 7.90. The largest absolute Gasteiger partial charge is 0.393 e. The summed E-state index contributed by atoms with van der Waals surface area (Å²) in [5.74, 6) is -1.76. The molecular weight excluding hydrogens is 369 g/mol. The van der Waals surface area contributed by atoms with Crippen LogP contribution >= 0.6 is 0 Å². The molecule has 0 amide bonds. The molecule has 1 aromatic carbocycles. The van der Waals surface area contributed by atoms with Crippen LogP contribution in [-0.4, -0.2) is 29.1 Å². The second-order valence-corrected chi connectivity index (χ2v) is 8.96. The molecule has 0 radical (unpaired) electrons. The number of halogens is 3. The minimum atomic E-state index is -4.50. The Morgan fingerprint density at radius 3 is 2.21 bits per heavy atom. The van der Waals surface area contributed by atoms with Crippen LogP contribution in [-0.2, 0) is 20.0 Å². The lowest BCUT2D eigenvalue weighted by molar-refractivity contribution is -0.187. The van der Waals surface area contributed by atoms with Crippen LogP contribution in [0.25, 0.3) is 0 Å². The number of hydrogen-bond donors (Lipinski definition) is 2. The van der Waals surface area contributed by atoms with Gasteiger partial charge < -0.3 is 0 Å². The first kappa shape index (κ1) is 19.2. The third kappa shape index (κ3) is 4.47. The second kappa shape index (κ2) is 6.62. The van der Waals surface area contributed by atoms with E-state index in [1.165, 1.54) is 0 Å². The van der Waals surface area contributed by atoms with Crippen molar-refractivity contribution in [2.45, 2.75) is 47.7 Å². The zero-order valence-corrected chi connectivity index (χ0v) is 14.1. The first-order chi connectivity index (χ1) is 10.9. The molecule has 0 spiro atoms. The van der Waals surface area contributed by atoms with Crippen LogP contribution in [0.15, 0.2) is 34.1 Å². The highest BCUT2D eigenvalue weighted by Gasteiger charge is 2.46. The van der Waals surface area contributed by atoms with E-state index >= 15 is 0 Å². The van der Waals surface area contributed by atoms with E-state index in [4.69, 9.17) is 5.14 Å². The monoisotopic (exact) mass is 386 g/mol. The molecule has 0 aromatic heterocycles. The van der Waals surface area contributed by atoms with Gasteiger partial charge in [-0.2, -0.15) is 13.2 Å². The number of nitrogens with two attached hydrogens (primary N) is 1. The minimum Gasteiger partial charge on any atom is -0.225 e. The summed E-state index contributed by atoms with van der Waals surface area (Å²) in [4.78, 5) is -0.873. The molecule has 0 saturated heterocycles. The molecule has 136 valence electrons. The molecule has 1 fully saturated rings. The van der Waals surface area contributed by atoms with Gasteiger partial charge >= 0.3 is 6.18 Å². The average Bonchev–Trinajstić information content (AvgIpc) is 2.45. The molecule has 0 bridgehead atoms.